The van der Waals surface area contributed by atoms with Crippen molar-refractivity contribution in [1.29, 1.82) is 0 Å². The fourth-order valence-electron chi connectivity index (χ4n) is 2.32. The molecule has 2 aromatic rings. The predicted octanol–water partition coefficient (Wildman–Crippen LogP) is 3.34. The molecule has 2 N–H and O–H groups in total. The van der Waals surface area contributed by atoms with Crippen LogP contribution in [0.25, 0.3) is 0 Å². The van der Waals surface area contributed by atoms with Gasteiger partial charge in [-0.25, -0.2) is 4.98 Å². The SMILES string of the molecule is Cc1ccc(C(C(C)N)N(C)Cc2csc(C)n2)s1. The van der Waals surface area contributed by atoms with E-state index in [1.54, 1.807) is 11.3 Å². The Hall–Kier alpha value is -0.750. The average molecular weight is 295 g/mol. The van der Waals surface area contributed by atoms with E-state index >= 15 is 0 Å². The van der Waals surface area contributed by atoms with Gasteiger partial charge in [-0.15, -0.1) is 22.7 Å². The van der Waals surface area contributed by atoms with E-state index in [9.17, 15) is 0 Å². The van der Waals surface area contributed by atoms with Crippen LogP contribution in [-0.4, -0.2) is 23.0 Å². The maximum absolute atomic E-state index is 6.18. The number of thiophene rings is 1. The third-order valence-electron chi connectivity index (χ3n) is 3.10. The molecule has 0 aliphatic rings. The molecule has 19 heavy (non-hydrogen) atoms. The Bertz CT molecular complexity index is 530. The van der Waals surface area contributed by atoms with Crippen molar-refractivity contribution in [2.75, 3.05) is 7.05 Å². The van der Waals surface area contributed by atoms with Crippen molar-refractivity contribution in [2.45, 2.75) is 39.4 Å². The van der Waals surface area contributed by atoms with Crippen molar-refractivity contribution in [1.82, 2.24) is 9.88 Å². The Kier molecular flexibility index (Phi) is 4.73. The van der Waals surface area contributed by atoms with Gasteiger partial charge >= 0.3 is 0 Å². The molecule has 2 atom stereocenters. The molecule has 0 spiro atoms. The van der Waals surface area contributed by atoms with Gasteiger partial charge in [0.1, 0.15) is 0 Å². The first-order chi connectivity index (χ1) is 8.97. The van der Waals surface area contributed by atoms with Gasteiger partial charge in [0.2, 0.25) is 0 Å². The molecule has 2 heterocycles. The summed E-state index contributed by atoms with van der Waals surface area (Å²) < 4.78 is 0. The summed E-state index contributed by atoms with van der Waals surface area (Å²) in [5, 5.41) is 3.25. The van der Waals surface area contributed by atoms with Gasteiger partial charge in [-0.2, -0.15) is 0 Å². The smallest absolute Gasteiger partial charge is 0.0897 e. The van der Waals surface area contributed by atoms with E-state index in [1.807, 2.05) is 18.3 Å². The quantitative estimate of drug-likeness (QED) is 0.920. The van der Waals surface area contributed by atoms with Gasteiger partial charge in [0.05, 0.1) is 16.7 Å². The predicted molar refractivity (Wildman–Crippen MR) is 83.8 cm³/mol. The molecule has 0 saturated heterocycles. The Morgan fingerprint density at radius 3 is 2.58 bits per heavy atom. The van der Waals surface area contributed by atoms with E-state index in [2.05, 4.69) is 48.3 Å². The lowest BCUT2D eigenvalue weighted by Gasteiger charge is -2.29. The van der Waals surface area contributed by atoms with Crippen molar-refractivity contribution in [3.8, 4) is 0 Å². The zero-order chi connectivity index (χ0) is 14.0. The van der Waals surface area contributed by atoms with Crippen LogP contribution >= 0.6 is 22.7 Å². The maximum atomic E-state index is 6.18. The summed E-state index contributed by atoms with van der Waals surface area (Å²) in [5.74, 6) is 0. The minimum absolute atomic E-state index is 0.0998. The highest BCUT2D eigenvalue weighted by Crippen LogP contribution is 2.29. The normalized spacial score (nSPS) is 14.8. The Morgan fingerprint density at radius 1 is 1.37 bits per heavy atom. The van der Waals surface area contributed by atoms with E-state index in [4.69, 9.17) is 5.73 Å². The zero-order valence-electron chi connectivity index (χ0n) is 11.9. The first kappa shape index (κ1) is 14.7. The molecule has 0 radical (unpaired) electrons. The molecule has 0 aliphatic carbocycles. The van der Waals surface area contributed by atoms with Crippen molar-refractivity contribution in [3.63, 3.8) is 0 Å². The third kappa shape index (κ3) is 3.63. The van der Waals surface area contributed by atoms with Crippen LogP contribution in [0.1, 0.15) is 33.4 Å². The van der Waals surface area contributed by atoms with Crippen molar-refractivity contribution < 1.29 is 0 Å². The first-order valence-corrected chi connectivity index (χ1v) is 8.10. The topological polar surface area (TPSA) is 42.1 Å². The summed E-state index contributed by atoms with van der Waals surface area (Å²) in [6.07, 6.45) is 0. The molecule has 0 amide bonds. The molecule has 0 saturated carbocycles. The van der Waals surface area contributed by atoms with Gasteiger partial charge in [0.15, 0.2) is 0 Å². The molecule has 104 valence electrons. The minimum atomic E-state index is 0.0998. The molecule has 3 nitrogen and oxygen atoms in total. The number of nitrogens with two attached hydrogens (primary N) is 1. The minimum Gasteiger partial charge on any atom is -0.326 e. The number of likely N-dealkylation sites (N-methyl/N-ethyl adjacent to an activating group) is 1. The second-order valence-electron chi connectivity index (χ2n) is 5.03. The van der Waals surface area contributed by atoms with E-state index in [1.165, 1.54) is 9.75 Å². The van der Waals surface area contributed by atoms with Crippen LogP contribution in [-0.2, 0) is 6.54 Å². The van der Waals surface area contributed by atoms with Crippen LogP contribution in [0.15, 0.2) is 17.5 Å². The Labute approximate surface area is 123 Å². The lowest BCUT2D eigenvalue weighted by molar-refractivity contribution is 0.212. The number of aryl methyl sites for hydroxylation is 2. The van der Waals surface area contributed by atoms with Gasteiger partial charge in [-0.3, -0.25) is 4.90 Å². The Morgan fingerprint density at radius 2 is 2.11 bits per heavy atom. The number of hydrogen-bond donors (Lipinski definition) is 1. The maximum Gasteiger partial charge on any atom is 0.0897 e. The molecule has 2 unspecified atom stereocenters. The number of aromatic nitrogens is 1. The number of hydrogen-bond acceptors (Lipinski definition) is 5. The third-order valence-corrected chi connectivity index (χ3v) is 5.00. The van der Waals surface area contributed by atoms with Gasteiger partial charge in [0.25, 0.3) is 0 Å². The number of thiazole rings is 1. The van der Waals surface area contributed by atoms with Crippen LogP contribution in [0.3, 0.4) is 0 Å². The van der Waals surface area contributed by atoms with Crippen molar-refractivity contribution >= 4 is 22.7 Å². The zero-order valence-corrected chi connectivity index (χ0v) is 13.5. The highest BCUT2D eigenvalue weighted by molar-refractivity contribution is 7.12. The Balaban J connectivity index is 2.15. The second kappa shape index (κ2) is 6.13. The van der Waals surface area contributed by atoms with E-state index in [0.29, 0.717) is 0 Å². The standard InChI is InChI=1S/C14H21N3S2/c1-9-5-6-13(19-9)14(10(2)15)17(4)7-12-8-18-11(3)16-12/h5-6,8,10,14H,7,15H2,1-4H3. The fourth-order valence-corrected chi connectivity index (χ4v) is 4.09. The van der Waals surface area contributed by atoms with Gasteiger partial charge < -0.3 is 5.73 Å². The molecular weight excluding hydrogens is 274 g/mol. The molecule has 2 aromatic heterocycles. The van der Waals surface area contributed by atoms with Crippen molar-refractivity contribution in [2.24, 2.45) is 5.73 Å². The lowest BCUT2D eigenvalue weighted by atomic mass is 10.1. The van der Waals surface area contributed by atoms with Crippen LogP contribution in [0, 0.1) is 13.8 Å². The molecular formula is C14H21N3S2. The number of rotatable bonds is 5. The van der Waals surface area contributed by atoms with Gasteiger partial charge in [-0.1, -0.05) is 0 Å². The summed E-state index contributed by atoms with van der Waals surface area (Å²) in [6, 6.07) is 4.70. The fraction of sp³-hybridized carbons (Fsp3) is 0.500. The molecule has 0 aromatic carbocycles. The highest BCUT2D eigenvalue weighted by Gasteiger charge is 2.23. The lowest BCUT2D eigenvalue weighted by Crippen LogP contribution is -2.36. The van der Waals surface area contributed by atoms with Crippen molar-refractivity contribution in [3.05, 3.63) is 38.0 Å². The van der Waals surface area contributed by atoms with Crippen LogP contribution in [0.5, 0.6) is 0 Å². The van der Waals surface area contributed by atoms with Crippen LogP contribution < -0.4 is 5.73 Å². The average Bonchev–Trinajstić information content (AvgIpc) is 2.88. The van der Waals surface area contributed by atoms with Gasteiger partial charge in [0, 0.05) is 27.7 Å². The summed E-state index contributed by atoms with van der Waals surface area (Å²) in [7, 11) is 2.12. The molecule has 0 aliphatic heterocycles. The first-order valence-electron chi connectivity index (χ1n) is 6.40. The van der Waals surface area contributed by atoms with Gasteiger partial charge in [-0.05, 0) is 40.0 Å². The molecule has 2 rings (SSSR count). The monoisotopic (exact) mass is 295 g/mol. The summed E-state index contributed by atoms with van der Waals surface area (Å²) in [5.41, 5.74) is 7.31. The highest BCUT2D eigenvalue weighted by atomic mass is 32.1. The summed E-state index contributed by atoms with van der Waals surface area (Å²) >= 11 is 3.53. The van der Waals surface area contributed by atoms with Crippen LogP contribution in [0.4, 0.5) is 0 Å². The van der Waals surface area contributed by atoms with E-state index in [-0.39, 0.29) is 12.1 Å². The van der Waals surface area contributed by atoms with E-state index in [0.717, 1.165) is 17.2 Å². The molecule has 0 bridgehead atoms. The second-order valence-corrected chi connectivity index (χ2v) is 7.41. The van der Waals surface area contributed by atoms with Crippen LogP contribution in [0.2, 0.25) is 0 Å². The van der Waals surface area contributed by atoms with E-state index < -0.39 is 0 Å². The summed E-state index contributed by atoms with van der Waals surface area (Å²) in [6.45, 7) is 7.09. The summed E-state index contributed by atoms with van der Waals surface area (Å²) in [4.78, 5) is 9.49. The molecule has 0 fully saturated rings. The molecule has 5 heteroatoms. The number of nitrogens with zero attached hydrogens (tertiary/aromatic N) is 2. The largest absolute Gasteiger partial charge is 0.326 e.